The Bertz CT molecular complexity index is 1430. The molecule has 0 aliphatic carbocycles. The van der Waals surface area contributed by atoms with Gasteiger partial charge < -0.3 is 23.5 Å². The molecular formula is C25H25F3N3O4P. The van der Waals surface area contributed by atoms with Crippen molar-refractivity contribution in [3.63, 3.8) is 0 Å². The van der Waals surface area contributed by atoms with E-state index in [4.69, 9.17) is 4.74 Å². The van der Waals surface area contributed by atoms with Crippen molar-refractivity contribution in [2.45, 2.75) is 25.3 Å². The number of aromatic nitrogens is 1. The predicted molar refractivity (Wildman–Crippen MR) is 132 cm³/mol. The highest BCUT2D eigenvalue weighted by Crippen LogP contribution is 2.40. The summed E-state index contributed by atoms with van der Waals surface area (Å²) >= 11 is 0. The summed E-state index contributed by atoms with van der Waals surface area (Å²) in [6.45, 7) is 4.29. The van der Waals surface area contributed by atoms with Crippen molar-refractivity contribution in [3.05, 3.63) is 58.4 Å². The number of hydrogen-bond acceptors (Lipinski definition) is 6. The highest BCUT2D eigenvalue weighted by molar-refractivity contribution is 7.70. The van der Waals surface area contributed by atoms with E-state index in [0.29, 0.717) is 53.6 Å². The molecule has 0 atom stereocenters. The molecule has 36 heavy (non-hydrogen) atoms. The number of hydrogen-bond donors (Lipinski definition) is 0. The van der Waals surface area contributed by atoms with E-state index in [0.717, 1.165) is 0 Å². The Morgan fingerprint density at radius 3 is 2.22 bits per heavy atom. The summed E-state index contributed by atoms with van der Waals surface area (Å²) < 4.78 is 61.3. The highest BCUT2D eigenvalue weighted by Gasteiger charge is 2.31. The van der Waals surface area contributed by atoms with Crippen LogP contribution in [-0.4, -0.2) is 43.5 Å². The smallest absolute Gasteiger partial charge is 0.490 e. The zero-order chi connectivity index (χ0) is 26.3. The molecule has 4 rings (SSSR count). The van der Waals surface area contributed by atoms with Gasteiger partial charge in [0.25, 0.3) is 5.56 Å². The van der Waals surface area contributed by atoms with Gasteiger partial charge in [0.2, 0.25) is 0 Å². The standard InChI is InChI=1S/C25H25F3N3O4P/c1-30-23-19(5-4-6-21(23)36(2,3)33)22(20(15-29)24(30)32)31-13-11-17(12-14-31)34-16-7-9-18(10-8-16)35-25(26,27)28/h4-10,17H,11-14H2,1-3H3. The zero-order valence-electron chi connectivity index (χ0n) is 20.0. The van der Waals surface area contributed by atoms with E-state index in [2.05, 4.69) is 10.8 Å². The average molecular weight is 519 g/mol. The molecule has 0 bridgehead atoms. The quantitative estimate of drug-likeness (QED) is 0.458. The van der Waals surface area contributed by atoms with Crippen LogP contribution in [0, 0.1) is 11.3 Å². The van der Waals surface area contributed by atoms with Crippen molar-refractivity contribution < 1.29 is 27.2 Å². The average Bonchev–Trinajstić information content (AvgIpc) is 2.81. The van der Waals surface area contributed by atoms with Gasteiger partial charge in [0.05, 0.1) is 11.2 Å². The van der Waals surface area contributed by atoms with Crippen LogP contribution in [0.5, 0.6) is 11.5 Å². The maximum Gasteiger partial charge on any atom is 0.573 e. The van der Waals surface area contributed by atoms with Gasteiger partial charge in [-0.1, -0.05) is 12.1 Å². The second-order valence-corrected chi connectivity index (χ2v) is 12.2. The van der Waals surface area contributed by atoms with E-state index in [1.807, 2.05) is 11.0 Å². The number of aryl methyl sites for hydroxylation is 1. The minimum Gasteiger partial charge on any atom is -0.490 e. The van der Waals surface area contributed by atoms with Crippen molar-refractivity contribution in [2.24, 2.45) is 7.05 Å². The maximum atomic E-state index is 13.1. The number of rotatable bonds is 5. The van der Waals surface area contributed by atoms with Crippen LogP contribution in [0.4, 0.5) is 18.9 Å². The molecule has 190 valence electrons. The molecule has 0 saturated carbocycles. The first-order valence-electron chi connectivity index (χ1n) is 11.3. The molecule has 1 aliphatic rings. The number of para-hydroxylation sites is 1. The lowest BCUT2D eigenvalue weighted by atomic mass is 10.0. The first-order valence-corrected chi connectivity index (χ1v) is 13.9. The molecule has 1 fully saturated rings. The van der Waals surface area contributed by atoms with Gasteiger partial charge in [-0.05, 0) is 43.7 Å². The summed E-state index contributed by atoms with van der Waals surface area (Å²) in [5.74, 6) is 0.0975. The Morgan fingerprint density at radius 1 is 1.06 bits per heavy atom. The van der Waals surface area contributed by atoms with Gasteiger partial charge in [-0.3, -0.25) is 4.79 Å². The second kappa shape index (κ2) is 9.55. The highest BCUT2D eigenvalue weighted by atomic mass is 31.2. The van der Waals surface area contributed by atoms with Crippen LogP contribution in [-0.2, 0) is 11.6 Å². The van der Waals surface area contributed by atoms with Crippen molar-refractivity contribution in [1.29, 1.82) is 5.26 Å². The van der Waals surface area contributed by atoms with Crippen molar-refractivity contribution in [1.82, 2.24) is 4.57 Å². The molecule has 0 amide bonds. The summed E-state index contributed by atoms with van der Waals surface area (Å²) in [6, 6.07) is 12.7. The van der Waals surface area contributed by atoms with E-state index in [1.165, 1.54) is 28.8 Å². The fraction of sp³-hybridized carbons (Fsp3) is 0.360. The molecule has 1 aliphatic heterocycles. The molecule has 7 nitrogen and oxygen atoms in total. The van der Waals surface area contributed by atoms with Crippen molar-refractivity contribution in [3.8, 4) is 17.6 Å². The summed E-state index contributed by atoms with van der Waals surface area (Å²) in [5, 5.41) is 11.1. The van der Waals surface area contributed by atoms with Crippen LogP contribution in [0.1, 0.15) is 18.4 Å². The van der Waals surface area contributed by atoms with Crippen LogP contribution in [0.15, 0.2) is 47.3 Å². The number of halogens is 3. The number of nitrogens with zero attached hydrogens (tertiary/aromatic N) is 3. The first kappa shape index (κ1) is 25.6. The van der Waals surface area contributed by atoms with Crippen LogP contribution < -0.4 is 25.2 Å². The van der Waals surface area contributed by atoms with Gasteiger partial charge >= 0.3 is 6.36 Å². The third-order valence-corrected chi connectivity index (χ3v) is 7.69. The van der Waals surface area contributed by atoms with E-state index in [9.17, 15) is 27.8 Å². The number of fused-ring (bicyclic) bond motifs is 1. The van der Waals surface area contributed by atoms with Crippen molar-refractivity contribution in [2.75, 3.05) is 31.3 Å². The van der Waals surface area contributed by atoms with Gasteiger partial charge in [0.1, 0.15) is 36.4 Å². The molecule has 2 aromatic carbocycles. The molecular weight excluding hydrogens is 494 g/mol. The lowest BCUT2D eigenvalue weighted by Gasteiger charge is -2.35. The summed E-state index contributed by atoms with van der Waals surface area (Å²) in [7, 11) is -1.13. The largest absolute Gasteiger partial charge is 0.573 e. The molecule has 3 aromatic rings. The number of piperidine rings is 1. The number of pyridine rings is 1. The molecule has 1 saturated heterocycles. The molecule has 0 spiro atoms. The Labute approximate surface area is 206 Å². The third-order valence-electron chi connectivity index (χ3n) is 6.17. The second-order valence-electron chi connectivity index (χ2n) is 9.05. The number of benzene rings is 2. The van der Waals surface area contributed by atoms with Gasteiger partial charge in [0.15, 0.2) is 0 Å². The zero-order valence-corrected chi connectivity index (χ0v) is 20.9. The van der Waals surface area contributed by atoms with Gasteiger partial charge in [-0.15, -0.1) is 13.2 Å². The Kier molecular flexibility index (Phi) is 6.80. The first-order chi connectivity index (χ1) is 16.9. The molecule has 0 N–H and O–H groups in total. The van der Waals surface area contributed by atoms with E-state index >= 15 is 0 Å². The predicted octanol–water partition coefficient (Wildman–Crippen LogP) is 4.60. The van der Waals surface area contributed by atoms with E-state index < -0.39 is 19.1 Å². The Balaban J connectivity index is 1.59. The summed E-state index contributed by atoms with van der Waals surface area (Å²) in [6.07, 6.45) is -3.81. The molecule has 0 radical (unpaired) electrons. The fourth-order valence-electron chi connectivity index (χ4n) is 4.55. The SMILES string of the molecule is Cn1c(=O)c(C#N)c(N2CCC(Oc3ccc(OC(F)(F)F)cc3)CC2)c2cccc(P(C)(C)=O)c21. The van der Waals surface area contributed by atoms with E-state index in [-0.39, 0.29) is 17.4 Å². The van der Waals surface area contributed by atoms with Crippen LogP contribution in [0.25, 0.3) is 10.9 Å². The third kappa shape index (κ3) is 5.21. The van der Waals surface area contributed by atoms with Gasteiger partial charge in [-0.2, -0.15) is 5.26 Å². The summed E-state index contributed by atoms with van der Waals surface area (Å²) in [4.78, 5) is 15.1. The van der Waals surface area contributed by atoms with Crippen LogP contribution in [0.2, 0.25) is 0 Å². The Morgan fingerprint density at radius 2 is 1.67 bits per heavy atom. The number of ether oxygens (including phenoxy) is 2. The lowest BCUT2D eigenvalue weighted by Crippen LogP contribution is -2.40. The number of alkyl halides is 3. The van der Waals surface area contributed by atoms with Crippen molar-refractivity contribution >= 4 is 29.0 Å². The molecule has 11 heteroatoms. The number of anilines is 1. The fourth-order valence-corrected chi connectivity index (χ4v) is 5.78. The minimum absolute atomic E-state index is 0.0313. The van der Waals surface area contributed by atoms with Gasteiger partial charge in [0, 0.05) is 43.7 Å². The molecule has 1 aromatic heterocycles. The molecule has 0 unspecified atom stereocenters. The monoisotopic (exact) mass is 519 g/mol. The van der Waals surface area contributed by atoms with Crippen LogP contribution >= 0.6 is 7.14 Å². The van der Waals surface area contributed by atoms with E-state index in [1.54, 1.807) is 32.5 Å². The Hall–Kier alpha value is -3.44. The normalized spacial score (nSPS) is 15.1. The van der Waals surface area contributed by atoms with Crippen LogP contribution in [0.3, 0.4) is 0 Å². The van der Waals surface area contributed by atoms with Gasteiger partial charge in [-0.25, -0.2) is 0 Å². The topological polar surface area (TPSA) is 84.6 Å². The molecule has 2 heterocycles. The number of nitriles is 1. The maximum absolute atomic E-state index is 13.1. The summed E-state index contributed by atoms with van der Waals surface area (Å²) in [5.41, 5.74) is 0.673. The minimum atomic E-state index is -4.76. The lowest BCUT2D eigenvalue weighted by molar-refractivity contribution is -0.274.